The molecular formula is C27H24F3N3O6S2. The minimum Gasteiger partial charge on any atom is -0.456 e. The van der Waals surface area contributed by atoms with Gasteiger partial charge in [0.25, 0.3) is 11.8 Å². The van der Waals surface area contributed by atoms with E-state index in [0.717, 1.165) is 16.4 Å². The zero-order valence-electron chi connectivity index (χ0n) is 21.7. The van der Waals surface area contributed by atoms with Crippen molar-refractivity contribution in [2.45, 2.75) is 35.7 Å². The molecule has 0 spiro atoms. The predicted molar refractivity (Wildman–Crippen MR) is 147 cm³/mol. The fraction of sp³-hybridized carbons (Fsp3) is 0.259. The molecular weight excluding hydrogens is 583 g/mol. The average Bonchev–Trinajstić information content (AvgIpc) is 3.28. The van der Waals surface area contributed by atoms with Crippen LogP contribution in [0.1, 0.15) is 29.8 Å². The Labute approximate surface area is 236 Å². The zero-order valence-corrected chi connectivity index (χ0v) is 23.3. The number of rotatable bonds is 5. The molecule has 1 aliphatic rings. The lowest BCUT2D eigenvalue weighted by Crippen LogP contribution is -2.61. The second kappa shape index (κ2) is 10.4. The SMILES string of the molecule is CC1(C)SCCN(S(=O)(=O)c2ccc3oc4cc(NC(=O)c5ccccc5C(F)(F)F)ccc4c3c2)C1C(=O)NO. The van der Waals surface area contributed by atoms with E-state index < -0.39 is 49.9 Å². The number of hydrogen-bond donors (Lipinski definition) is 3. The highest BCUT2D eigenvalue weighted by Gasteiger charge is 2.48. The van der Waals surface area contributed by atoms with E-state index >= 15 is 0 Å². The quantitative estimate of drug-likeness (QED) is 0.209. The molecule has 1 fully saturated rings. The largest absolute Gasteiger partial charge is 0.456 e. The lowest BCUT2D eigenvalue weighted by molar-refractivity contribution is -0.138. The number of furan rings is 1. The summed E-state index contributed by atoms with van der Waals surface area (Å²) >= 11 is 1.42. The molecule has 1 saturated heterocycles. The Bertz CT molecular complexity index is 1790. The number of nitrogens with zero attached hydrogens (tertiary/aromatic N) is 1. The minimum atomic E-state index is -4.71. The van der Waals surface area contributed by atoms with Crippen LogP contribution in [0.2, 0.25) is 0 Å². The van der Waals surface area contributed by atoms with E-state index in [0.29, 0.717) is 22.1 Å². The van der Waals surface area contributed by atoms with Crippen LogP contribution in [0.5, 0.6) is 0 Å². The van der Waals surface area contributed by atoms with Crippen molar-refractivity contribution in [2.75, 3.05) is 17.6 Å². The third-order valence-corrected chi connectivity index (χ3v) is 10.1. The molecule has 3 aromatic carbocycles. The van der Waals surface area contributed by atoms with Gasteiger partial charge in [0.2, 0.25) is 10.0 Å². The van der Waals surface area contributed by atoms with Gasteiger partial charge >= 0.3 is 6.18 Å². The van der Waals surface area contributed by atoms with Crippen LogP contribution in [0.3, 0.4) is 0 Å². The summed E-state index contributed by atoms with van der Waals surface area (Å²) in [5.41, 5.74) is 0.758. The lowest BCUT2D eigenvalue weighted by atomic mass is 10.0. The van der Waals surface area contributed by atoms with E-state index in [1.54, 1.807) is 25.4 Å². The number of nitrogens with one attached hydrogen (secondary N) is 2. The van der Waals surface area contributed by atoms with Gasteiger partial charge in [0.05, 0.1) is 16.0 Å². The van der Waals surface area contributed by atoms with Crippen molar-refractivity contribution in [1.82, 2.24) is 9.79 Å². The number of benzene rings is 3. The van der Waals surface area contributed by atoms with Gasteiger partial charge in [-0.25, -0.2) is 13.9 Å². The van der Waals surface area contributed by atoms with Crippen molar-refractivity contribution in [1.29, 1.82) is 0 Å². The van der Waals surface area contributed by atoms with Crippen molar-refractivity contribution in [3.05, 3.63) is 71.8 Å². The molecule has 216 valence electrons. The lowest BCUT2D eigenvalue weighted by Gasteiger charge is -2.43. The molecule has 0 saturated carbocycles. The standard InChI is InChI=1S/C27H24F3N3O6S2/c1-26(2)23(25(35)32-36)33(11-12-40-26)41(37,38)16-8-10-21-19(14-16)17-9-7-15(13-22(17)39-21)31-24(34)18-5-3-4-6-20(18)27(28,29)30/h3-10,13-14,23,36H,11-12H2,1-2H3,(H,31,34)(H,32,35). The molecule has 1 unspecified atom stereocenters. The monoisotopic (exact) mass is 607 g/mol. The van der Waals surface area contributed by atoms with Crippen LogP contribution in [-0.2, 0) is 21.0 Å². The van der Waals surface area contributed by atoms with Crippen molar-refractivity contribution < 1.29 is 40.8 Å². The summed E-state index contributed by atoms with van der Waals surface area (Å²) in [6, 6.07) is 12.0. The number of anilines is 1. The molecule has 1 aliphatic heterocycles. The molecule has 2 amide bonds. The fourth-order valence-electron chi connectivity index (χ4n) is 4.98. The molecule has 3 N–H and O–H groups in total. The number of sulfonamides is 1. The Morgan fingerprint density at radius 2 is 1.78 bits per heavy atom. The van der Waals surface area contributed by atoms with Gasteiger partial charge in [0.1, 0.15) is 17.2 Å². The predicted octanol–water partition coefficient (Wildman–Crippen LogP) is 5.25. The molecule has 0 radical (unpaired) electrons. The summed E-state index contributed by atoms with van der Waals surface area (Å²) in [5, 5.41) is 12.7. The van der Waals surface area contributed by atoms with Gasteiger partial charge in [-0.2, -0.15) is 29.2 Å². The summed E-state index contributed by atoms with van der Waals surface area (Å²) in [7, 11) is -4.19. The second-order valence-corrected chi connectivity index (χ2v) is 13.6. The highest BCUT2D eigenvalue weighted by atomic mass is 32.2. The molecule has 0 bridgehead atoms. The van der Waals surface area contributed by atoms with E-state index in [1.165, 1.54) is 54.2 Å². The first-order valence-corrected chi connectivity index (χ1v) is 14.7. The van der Waals surface area contributed by atoms with Gasteiger partial charge in [0.15, 0.2) is 0 Å². The number of carbonyl (C=O) groups excluding carboxylic acids is 2. The number of thioether (sulfide) groups is 1. The zero-order chi connectivity index (χ0) is 29.7. The smallest absolute Gasteiger partial charge is 0.417 e. The fourth-order valence-corrected chi connectivity index (χ4v) is 8.11. The maximum Gasteiger partial charge on any atom is 0.417 e. The third-order valence-electron chi connectivity index (χ3n) is 6.88. The van der Waals surface area contributed by atoms with E-state index in [9.17, 15) is 36.4 Å². The molecule has 9 nitrogen and oxygen atoms in total. The Balaban J connectivity index is 1.49. The van der Waals surface area contributed by atoms with Gasteiger partial charge in [0, 0.05) is 39.6 Å². The average molecular weight is 608 g/mol. The number of halogens is 3. The second-order valence-electron chi connectivity index (χ2n) is 9.91. The van der Waals surface area contributed by atoms with Crippen LogP contribution >= 0.6 is 11.8 Å². The number of hydroxylamine groups is 1. The molecule has 4 aromatic rings. The first-order valence-electron chi connectivity index (χ1n) is 12.3. The third kappa shape index (κ3) is 5.27. The van der Waals surface area contributed by atoms with Crippen molar-refractivity contribution in [2.24, 2.45) is 0 Å². The van der Waals surface area contributed by atoms with Crippen LogP contribution in [0.25, 0.3) is 21.9 Å². The summed E-state index contributed by atoms with van der Waals surface area (Å²) in [6.45, 7) is 3.51. The van der Waals surface area contributed by atoms with Gasteiger partial charge in [-0.05, 0) is 56.3 Å². The van der Waals surface area contributed by atoms with Gasteiger partial charge in [-0.3, -0.25) is 14.8 Å². The number of alkyl halides is 3. The maximum atomic E-state index is 13.7. The number of carbonyl (C=O) groups is 2. The highest BCUT2D eigenvalue weighted by Crippen LogP contribution is 2.40. The van der Waals surface area contributed by atoms with Gasteiger partial charge < -0.3 is 9.73 Å². The van der Waals surface area contributed by atoms with E-state index in [4.69, 9.17) is 4.42 Å². The molecule has 0 aliphatic carbocycles. The summed E-state index contributed by atoms with van der Waals surface area (Å²) in [4.78, 5) is 25.1. The van der Waals surface area contributed by atoms with Crippen LogP contribution < -0.4 is 10.8 Å². The number of fused-ring (bicyclic) bond motifs is 3. The van der Waals surface area contributed by atoms with Crippen LogP contribution in [0.15, 0.2) is 70.0 Å². The van der Waals surface area contributed by atoms with Crippen molar-refractivity contribution in [3.8, 4) is 0 Å². The number of amides is 2. The van der Waals surface area contributed by atoms with Crippen molar-refractivity contribution in [3.63, 3.8) is 0 Å². The molecule has 14 heteroatoms. The molecule has 1 atom stereocenters. The Kier molecular flexibility index (Phi) is 7.30. The Hall–Kier alpha value is -3.59. The van der Waals surface area contributed by atoms with Crippen molar-refractivity contribution >= 4 is 61.2 Å². The summed E-state index contributed by atoms with van der Waals surface area (Å²) < 4.78 is 73.6. The van der Waals surface area contributed by atoms with Gasteiger partial charge in [-0.15, -0.1) is 0 Å². The minimum absolute atomic E-state index is 0.0548. The van der Waals surface area contributed by atoms with Gasteiger partial charge in [-0.1, -0.05) is 12.1 Å². The molecule has 5 rings (SSSR count). The van der Waals surface area contributed by atoms with Crippen LogP contribution in [-0.4, -0.2) is 52.8 Å². The molecule has 41 heavy (non-hydrogen) atoms. The molecule has 1 aromatic heterocycles. The summed E-state index contributed by atoms with van der Waals surface area (Å²) in [6.07, 6.45) is -4.71. The van der Waals surface area contributed by atoms with Crippen LogP contribution in [0.4, 0.5) is 18.9 Å². The first-order chi connectivity index (χ1) is 19.2. The van der Waals surface area contributed by atoms with E-state index in [1.807, 2.05) is 0 Å². The van der Waals surface area contributed by atoms with Crippen LogP contribution in [0, 0.1) is 0 Å². The number of hydrogen-bond acceptors (Lipinski definition) is 7. The normalized spacial score (nSPS) is 18.0. The Morgan fingerprint density at radius 1 is 1.05 bits per heavy atom. The van der Waals surface area contributed by atoms with E-state index in [-0.39, 0.29) is 22.7 Å². The topological polar surface area (TPSA) is 129 Å². The summed E-state index contributed by atoms with van der Waals surface area (Å²) in [5.74, 6) is -1.35. The molecule has 2 heterocycles. The highest BCUT2D eigenvalue weighted by molar-refractivity contribution is 8.01. The Morgan fingerprint density at radius 3 is 2.49 bits per heavy atom. The first kappa shape index (κ1) is 28.9. The van der Waals surface area contributed by atoms with E-state index in [2.05, 4.69) is 5.32 Å². The maximum absolute atomic E-state index is 13.7.